The van der Waals surface area contributed by atoms with Gasteiger partial charge in [0.1, 0.15) is 5.75 Å². The number of carbonyl (C=O) groups excluding carboxylic acids is 1. The lowest BCUT2D eigenvalue weighted by molar-refractivity contribution is -0.130. The summed E-state index contributed by atoms with van der Waals surface area (Å²) in [6.07, 6.45) is 3.76. The van der Waals surface area contributed by atoms with Crippen LogP contribution in [0.5, 0.6) is 5.75 Å². The summed E-state index contributed by atoms with van der Waals surface area (Å²) in [6, 6.07) is 15.3. The monoisotopic (exact) mass is 453 g/mol. The average molecular weight is 454 g/mol. The zero-order valence-corrected chi connectivity index (χ0v) is 19.6. The van der Waals surface area contributed by atoms with Crippen molar-refractivity contribution in [3.8, 4) is 5.75 Å². The maximum Gasteiger partial charge on any atom is 0.262 e. The molecule has 2 aromatic carbocycles. The number of carbonyl (C=O) groups is 1. The van der Waals surface area contributed by atoms with Gasteiger partial charge in [-0.25, -0.2) is 0 Å². The van der Waals surface area contributed by atoms with Gasteiger partial charge in [0.25, 0.3) is 5.56 Å². The number of hydrogen-bond donors (Lipinski definition) is 1. The van der Waals surface area contributed by atoms with Gasteiger partial charge in [-0.1, -0.05) is 36.8 Å². The van der Waals surface area contributed by atoms with Gasteiger partial charge in [-0.3, -0.25) is 14.2 Å². The van der Waals surface area contributed by atoms with Gasteiger partial charge in [0, 0.05) is 26.6 Å². The third-order valence-electron chi connectivity index (χ3n) is 5.58. The fraction of sp³-hybridized carbons (Fsp3) is 0.400. The number of rotatable bonds is 11. The fourth-order valence-electron chi connectivity index (χ4n) is 3.64. The zero-order valence-electron chi connectivity index (χ0n) is 18.8. The SMILES string of the molecule is Cc1ccccc1OCCCN(C)C(=O)CCCCCn1c(=S)[nH]c2ccccc2c1=O. The number of aryl methyl sites for hydroxylation is 1. The molecule has 0 saturated carbocycles. The second-order valence-electron chi connectivity index (χ2n) is 8.03. The first kappa shape index (κ1) is 23.7. The summed E-state index contributed by atoms with van der Waals surface area (Å²) in [4.78, 5) is 29.9. The molecule has 1 amide bonds. The smallest absolute Gasteiger partial charge is 0.262 e. The van der Waals surface area contributed by atoms with Crippen LogP contribution in [0.15, 0.2) is 53.3 Å². The number of unbranched alkanes of at least 4 members (excludes halogenated alkanes) is 2. The van der Waals surface area contributed by atoms with Crippen LogP contribution in [0, 0.1) is 11.7 Å². The van der Waals surface area contributed by atoms with Crippen LogP contribution in [0.25, 0.3) is 10.9 Å². The highest BCUT2D eigenvalue weighted by molar-refractivity contribution is 7.71. The van der Waals surface area contributed by atoms with Crippen molar-refractivity contribution >= 4 is 29.0 Å². The van der Waals surface area contributed by atoms with Gasteiger partial charge in [0.15, 0.2) is 4.77 Å². The summed E-state index contributed by atoms with van der Waals surface area (Å²) in [5.74, 6) is 1.04. The molecule has 7 heteroatoms. The molecular formula is C25H31N3O3S. The van der Waals surface area contributed by atoms with Crippen molar-refractivity contribution in [2.45, 2.75) is 45.6 Å². The Morgan fingerprint density at radius 3 is 2.62 bits per heavy atom. The van der Waals surface area contributed by atoms with Crippen molar-refractivity contribution in [2.24, 2.45) is 0 Å². The molecule has 0 aliphatic heterocycles. The minimum atomic E-state index is -0.0620. The summed E-state index contributed by atoms with van der Waals surface area (Å²) in [6.45, 7) is 3.84. The summed E-state index contributed by atoms with van der Waals surface area (Å²) in [5.41, 5.74) is 1.81. The van der Waals surface area contributed by atoms with Crippen molar-refractivity contribution in [3.05, 3.63) is 69.2 Å². The van der Waals surface area contributed by atoms with Gasteiger partial charge in [-0.05, 0) is 62.2 Å². The third-order valence-corrected chi connectivity index (χ3v) is 5.90. The molecule has 0 spiro atoms. The van der Waals surface area contributed by atoms with Crippen LogP contribution >= 0.6 is 12.2 Å². The number of ether oxygens (including phenoxy) is 1. The molecule has 0 aliphatic rings. The summed E-state index contributed by atoms with van der Waals surface area (Å²) in [7, 11) is 1.84. The van der Waals surface area contributed by atoms with Crippen LogP contribution in [0.2, 0.25) is 0 Å². The summed E-state index contributed by atoms with van der Waals surface area (Å²) < 4.78 is 7.84. The molecule has 3 aromatic rings. The normalized spacial score (nSPS) is 10.9. The van der Waals surface area contributed by atoms with E-state index in [-0.39, 0.29) is 11.5 Å². The van der Waals surface area contributed by atoms with E-state index >= 15 is 0 Å². The van der Waals surface area contributed by atoms with Gasteiger partial charge in [-0.2, -0.15) is 0 Å². The largest absolute Gasteiger partial charge is 0.493 e. The zero-order chi connectivity index (χ0) is 22.9. The predicted octanol–water partition coefficient (Wildman–Crippen LogP) is 4.86. The molecule has 0 atom stereocenters. The highest BCUT2D eigenvalue weighted by atomic mass is 32.1. The van der Waals surface area contributed by atoms with Gasteiger partial charge in [-0.15, -0.1) is 0 Å². The van der Waals surface area contributed by atoms with E-state index in [9.17, 15) is 9.59 Å². The Morgan fingerprint density at radius 1 is 1.06 bits per heavy atom. The Labute approximate surface area is 193 Å². The third kappa shape index (κ3) is 6.29. The van der Waals surface area contributed by atoms with E-state index in [0.717, 1.165) is 42.5 Å². The standard InChI is InChI=1S/C25H31N3O3S/c1-19-11-5-8-14-22(19)31-18-10-16-27(2)23(29)15-4-3-9-17-28-24(30)20-12-6-7-13-21(20)26-25(28)32/h5-8,11-14H,3-4,9-10,15-18H2,1-2H3,(H,26,32). The molecule has 0 fully saturated rings. The van der Waals surface area contributed by atoms with E-state index in [1.165, 1.54) is 0 Å². The number of hydrogen-bond acceptors (Lipinski definition) is 4. The van der Waals surface area contributed by atoms with Gasteiger partial charge < -0.3 is 14.6 Å². The second-order valence-corrected chi connectivity index (χ2v) is 8.41. The minimum Gasteiger partial charge on any atom is -0.493 e. The van der Waals surface area contributed by atoms with Crippen molar-refractivity contribution in [1.29, 1.82) is 0 Å². The number of aromatic amines is 1. The lowest BCUT2D eigenvalue weighted by atomic mass is 10.1. The maximum absolute atomic E-state index is 12.7. The number of fused-ring (bicyclic) bond motifs is 1. The number of aromatic nitrogens is 2. The van der Waals surface area contributed by atoms with Crippen LogP contribution < -0.4 is 10.3 Å². The first-order chi connectivity index (χ1) is 15.5. The van der Waals surface area contributed by atoms with E-state index in [4.69, 9.17) is 17.0 Å². The Bertz CT molecular complexity index is 1170. The number of para-hydroxylation sites is 2. The Balaban J connectivity index is 1.35. The summed E-state index contributed by atoms with van der Waals surface area (Å²) in [5, 5.41) is 0.643. The molecule has 0 unspecified atom stereocenters. The average Bonchev–Trinajstić information content (AvgIpc) is 2.79. The second kappa shape index (κ2) is 11.6. The highest BCUT2D eigenvalue weighted by Gasteiger charge is 2.09. The Hall–Kier alpha value is -2.93. The molecule has 170 valence electrons. The van der Waals surface area contributed by atoms with E-state index in [1.807, 2.05) is 56.4 Å². The summed E-state index contributed by atoms with van der Waals surface area (Å²) >= 11 is 5.35. The topological polar surface area (TPSA) is 67.3 Å². The molecule has 1 aromatic heterocycles. The quantitative estimate of drug-likeness (QED) is 0.333. The molecule has 0 saturated heterocycles. The van der Waals surface area contributed by atoms with Gasteiger partial charge >= 0.3 is 0 Å². The van der Waals surface area contributed by atoms with Crippen molar-refractivity contribution < 1.29 is 9.53 Å². The molecule has 6 nitrogen and oxygen atoms in total. The molecule has 0 aliphatic carbocycles. The molecule has 1 N–H and O–H groups in total. The Kier molecular flexibility index (Phi) is 8.62. The van der Waals surface area contributed by atoms with Gasteiger partial charge in [0.05, 0.1) is 17.5 Å². The van der Waals surface area contributed by atoms with Crippen LogP contribution in [0.3, 0.4) is 0 Å². The molecule has 32 heavy (non-hydrogen) atoms. The van der Waals surface area contributed by atoms with E-state index < -0.39 is 0 Å². The van der Waals surface area contributed by atoms with Crippen LogP contribution in [-0.4, -0.2) is 40.6 Å². The van der Waals surface area contributed by atoms with Crippen LogP contribution in [0.1, 0.15) is 37.7 Å². The lowest BCUT2D eigenvalue weighted by Crippen LogP contribution is -2.28. The molecule has 0 radical (unpaired) electrons. The number of amides is 1. The van der Waals surface area contributed by atoms with Gasteiger partial charge in [0.2, 0.25) is 5.91 Å². The predicted molar refractivity (Wildman–Crippen MR) is 131 cm³/mol. The number of nitrogens with one attached hydrogen (secondary N) is 1. The molecule has 3 rings (SSSR count). The minimum absolute atomic E-state index is 0.0620. The maximum atomic E-state index is 12.7. The molecule has 0 bridgehead atoms. The van der Waals surface area contributed by atoms with Crippen LogP contribution in [0.4, 0.5) is 0 Å². The first-order valence-corrected chi connectivity index (χ1v) is 11.5. The Morgan fingerprint density at radius 2 is 1.81 bits per heavy atom. The lowest BCUT2D eigenvalue weighted by Gasteiger charge is -2.17. The molecule has 1 heterocycles. The highest BCUT2D eigenvalue weighted by Crippen LogP contribution is 2.16. The number of benzene rings is 2. The number of nitrogens with zero attached hydrogens (tertiary/aromatic N) is 2. The molecular weight excluding hydrogens is 422 g/mol. The fourth-order valence-corrected chi connectivity index (χ4v) is 3.93. The van der Waals surface area contributed by atoms with Crippen LogP contribution in [-0.2, 0) is 11.3 Å². The van der Waals surface area contributed by atoms with Crippen molar-refractivity contribution in [1.82, 2.24) is 14.5 Å². The van der Waals surface area contributed by atoms with Crippen molar-refractivity contribution in [2.75, 3.05) is 20.2 Å². The van der Waals surface area contributed by atoms with E-state index in [1.54, 1.807) is 15.5 Å². The number of H-pyrrole nitrogens is 1. The van der Waals surface area contributed by atoms with E-state index in [0.29, 0.717) is 36.3 Å². The first-order valence-electron chi connectivity index (χ1n) is 11.1. The van der Waals surface area contributed by atoms with Crippen molar-refractivity contribution in [3.63, 3.8) is 0 Å². The van der Waals surface area contributed by atoms with E-state index in [2.05, 4.69) is 4.98 Å².